The number of hydrogen-bond acceptors (Lipinski definition) is 4. The van der Waals surface area contributed by atoms with Crippen molar-refractivity contribution >= 4 is 17.5 Å². The first kappa shape index (κ1) is 12.9. The third-order valence-corrected chi connectivity index (χ3v) is 5.80. The first-order valence-electron chi connectivity index (χ1n) is 6.69. The molecule has 1 spiro atoms. The number of aryl methyl sites for hydroxylation is 1. The third-order valence-electron chi connectivity index (χ3n) is 4.27. The van der Waals surface area contributed by atoms with Crippen molar-refractivity contribution in [2.45, 2.75) is 49.2 Å². The van der Waals surface area contributed by atoms with Crippen molar-refractivity contribution in [3.05, 3.63) is 22.8 Å². The summed E-state index contributed by atoms with van der Waals surface area (Å²) in [6, 6.07) is 2.09. The first-order valence-corrected chi connectivity index (χ1v) is 7.50. The van der Waals surface area contributed by atoms with Crippen LogP contribution in [0.1, 0.15) is 42.4 Å². The molecule has 1 saturated carbocycles. The Bertz CT molecular complexity index is 562. The van der Waals surface area contributed by atoms with Gasteiger partial charge in [-0.15, -0.1) is 11.8 Å². The molecule has 0 aromatic heterocycles. The molecule has 1 aliphatic carbocycles. The summed E-state index contributed by atoms with van der Waals surface area (Å²) in [6.45, 7) is 3.92. The highest BCUT2D eigenvalue weighted by Gasteiger charge is 2.44. The fourth-order valence-electron chi connectivity index (χ4n) is 3.08. The van der Waals surface area contributed by atoms with Crippen molar-refractivity contribution in [2.75, 3.05) is 7.11 Å². The third kappa shape index (κ3) is 1.93. The number of phenols is 1. The smallest absolute Gasteiger partial charge is 0.122 e. The highest BCUT2D eigenvalue weighted by molar-refractivity contribution is 8.01. The molecule has 1 aromatic carbocycles. The molecule has 0 unspecified atom stereocenters. The van der Waals surface area contributed by atoms with Crippen LogP contribution < -0.4 is 0 Å². The van der Waals surface area contributed by atoms with E-state index in [4.69, 9.17) is 4.84 Å². The summed E-state index contributed by atoms with van der Waals surface area (Å²) in [5.41, 5.74) is 3.93. The van der Waals surface area contributed by atoms with Crippen LogP contribution in [0.5, 0.6) is 5.75 Å². The van der Waals surface area contributed by atoms with E-state index >= 15 is 0 Å². The molecular weight excluding hydrogens is 258 g/mol. The van der Waals surface area contributed by atoms with Crippen molar-refractivity contribution in [1.29, 1.82) is 0 Å². The van der Waals surface area contributed by atoms with Gasteiger partial charge in [-0.3, -0.25) is 0 Å². The van der Waals surface area contributed by atoms with Crippen LogP contribution in [-0.2, 0) is 4.84 Å². The monoisotopic (exact) mass is 277 g/mol. The Labute approximate surface area is 118 Å². The second kappa shape index (κ2) is 4.44. The summed E-state index contributed by atoms with van der Waals surface area (Å²) in [5.74, 6) is 0.382. The Morgan fingerprint density at radius 1 is 1.37 bits per heavy atom. The van der Waals surface area contributed by atoms with Gasteiger partial charge >= 0.3 is 0 Å². The predicted molar refractivity (Wildman–Crippen MR) is 78.2 cm³/mol. The second-order valence-corrected chi connectivity index (χ2v) is 7.09. The molecular formula is C15H19NO2S. The molecule has 2 aliphatic rings. The average molecular weight is 277 g/mol. The van der Waals surface area contributed by atoms with E-state index in [-0.39, 0.29) is 0 Å². The Morgan fingerprint density at radius 3 is 2.68 bits per heavy atom. The van der Waals surface area contributed by atoms with E-state index in [1.54, 1.807) is 7.11 Å². The lowest BCUT2D eigenvalue weighted by atomic mass is 9.78. The second-order valence-electron chi connectivity index (χ2n) is 5.58. The number of nitrogens with zero attached hydrogens (tertiary/aromatic N) is 1. The van der Waals surface area contributed by atoms with Crippen LogP contribution in [-0.4, -0.2) is 22.7 Å². The van der Waals surface area contributed by atoms with Crippen LogP contribution >= 0.6 is 11.8 Å². The van der Waals surface area contributed by atoms with Gasteiger partial charge in [0.05, 0.1) is 5.71 Å². The highest BCUT2D eigenvalue weighted by Crippen LogP contribution is 2.55. The van der Waals surface area contributed by atoms with Crippen molar-refractivity contribution in [1.82, 2.24) is 0 Å². The van der Waals surface area contributed by atoms with Gasteiger partial charge in [-0.05, 0) is 38.3 Å². The van der Waals surface area contributed by atoms with Gasteiger partial charge in [0.15, 0.2) is 0 Å². The van der Waals surface area contributed by atoms with Gasteiger partial charge in [0.1, 0.15) is 12.9 Å². The minimum atomic E-state index is 0.320. The van der Waals surface area contributed by atoms with Crippen LogP contribution in [0.4, 0.5) is 0 Å². The van der Waals surface area contributed by atoms with E-state index in [0.29, 0.717) is 10.5 Å². The van der Waals surface area contributed by atoms with E-state index in [2.05, 4.69) is 11.2 Å². The molecule has 1 heterocycles. The molecule has 0 amide bonds. The first-order chi connectivity index (χ1) is 9.06. The number of benzene rings is 1. The maximum atomic E-state index is 10.1. The Balaban J connectivity index is 2.16. The molecule has 1 fully saturated rings. The van der Waals surface area contributed by atoms with Crippen LogP contribution in [0.15, 0.2) is 16.1 Å². The zero-order valence-corrected chi connectivity index (χ0v) is 12.4. The van der Waals surface area contributed by atoms with Gasteiger partial charge in [-0.25, -0.2) is 0 Å². The normalized spacial score (nSPS) is 22.2. The molecule has 4 heteroatoms. The van der Waals surface area contributed by atoms with Gasteiger partial charge in [-0.2, -0.15) is 0 Å². The number of thioether (sulfide) groups is 1. The van der Waals surface area contributed by atoms with E-state index in [1.165, 1.54) is 24.2 Å². The SMILES string of the molecule is CON=C1CC2(CCC2)Sc2cc(C)c(O)c(C)c21. The molecule has 19 heavy (non-hydrogen) atoms. The molecule has 0 atom stereocenters. The van der Waals surface area contributed by atoms with Gasteiger partial charge in [0.25, 0.3) is 0 Å². The summed E-state index contributed by atoms with van der Waals surface area (Å²) >= 11 is 1.97. The number of hydrogen-bond donors (Lipinski definition) is 1. The Kier molecular flexibility index (Phi) is 3.01. The van der Waals surface area contributed by atoms with Gasteiger partial charge in [0, 0.05) is 27.2 Å². The molecule has 0 bridgehead atoms. The van der Waals surface area contributed by atoms with Crippen molar-refractivity contribution in [3.63, 3.8) is 0 Å². The number of rotatable bonds is 1. The fraction of sp³-hybridized carbons (Fsp3) is 0.533. The molecule has 0 saturated heterocycles. The largest absolute Gasteiger partial charge is 0.507 e. The number of aromatic hydroxyl groups is 1. The zero-order valence-electron chi connectivity index (χ0n) is 11.6. The van der Waals surface area contributed by atoms with Gasteiger partial charge < -0.3 is 9.94 Å². The molecule has 102 valence electrons. The summed E-state index contributed by atoms with van der Waals surface area (Å²) in [4.78, 5) is 6.27. The number of oxime groups is 1. The van der Waals surface area contributed by atoms with E-state index < -0.39 is 0 Å². The maximum absolute atomic E-state index is 10.1. The molecule has 1 aromatic rings. The number of phenolic OH excluding ortho intramolecular Hbond substituents is 1. The van der Waals surface area contributed by atoms with Crippen LogP contribution in [0.25, 0.3) is 0 Å². The molecule has 3 nitrogen and oxygen atoms in total. The summed E-state index contributed by atoms with van der Waals surface area (Å²) < 4.78 is 0.320. The van der Waals surface area contributed by atoms with E-state index in [0.717, 1.165) is 28.8 Å². The summed E-state index contributed by atoms with van der Waals surface area (Å²) in [6.07, 6.45) is 4.75. The van der Waals surface area contributed by atoms with E-state index in [1.807, 2.05) is 25.6 Å². The van der Waals surface area contributed by atoms with Crippen LogP contribution in [0, 0.1) is 13.8 Å². The van der Waals surface area contributed by atoms with Crippen LogP contribution in [0.3, 0.4) is 0 Å². The lowest BCUT2D eigenvalue weighted by Crippen LogP contribution is -2.39. The minimum absolute atomic E-state index is 0.320. The topological polar surface area (TPSA) is 41.8 Å². The lowest BCUT2D eigenvalue weighted by Gasteiger charge is -2.45. The molecule has 3 rings (SSSR count). The quantitative estimate of drug-likeness (QED) is 0.794. The standard InChI is InChI=1S/C15H19NO2S/c1-9-7-12-13(10(2)14(9)17)11(16-18-3)8-15(19-12)5-4-6-15/h7,17H,4-6,8H2,1-3H3. The van der Waals surface area contributed by atoms with Crippen molar-refractivity contribution in [2.24, 2.45) is 5.16 Å². The van der Waals surface area contributed by atoms with Gasteiger partial charge in [-0.1, -0.05) is 11.6 Å². The Morgan fingerprint density at radius 2 is 2.11 bits per heavy atom. The molecule has 0 radical (unpaired) electrons. The number of fused-ring (bicyclic) bond motifs is 1. The van der Waals surface area contributed by atoms with E-state index in [9.17, 15) is 5.11 Å². The van der Waals surface area contributed by atoms with Crippen molar-refractivity contribution < 1.29 is 9.94 Å². The maximum Gasteiger partial charge on any atom is 0.122 e. The highest BCUT2D eigenvalue weighted by atomic mass is 32.2. The molecule has 1 aliphatic heterocycles. The predicted octanol–water partition coefficient (Wildman–Crippen LogP) is 3.78. The zero-order chi connectivity index (χ0) is 13.6. The minimum Gasteiger partial charge on any atom is -0.507 e. The average Bonchev–Trinajstić information content (AvgIpc) is 2.34. The fourth-order valence-corrected chi connectivity index (χ4v) is 4.85. The molecule has 1 N–H and O–H groups in total. The van der Waals surface area contributed by atoms with Gasteiger partial charge in [0.2, 0.25) is 0 Å². The van der Waals surface area contributed by atoms with Crippen LogP contribution in [0.2, 0.25) is 0 Å². The Hall–Kier alpha value is -1.16. The summed E-state index contributed by atoms with van der Waals surface area (Å²) in [7, 11) is 1.59. The summed E-state index contributed by atoms with van der Waals surface area (Å²) in [5, 5.41) is 14.4. The van der Waals surface area contributed by atoms with Crippen molar-refractivity contribution in [3.8, 4) is 5.75 Å². The lowest BCUT2D eigenvalue weighted by molar-refractivity contribution is 0.211.